The predicted molar refractivity (Wildman–Crippen MR) is 136 cm³/mol. The summed E-state index contributed by atoms with van der Waals surface area (Å²) < 4.78 is 17.1. The van der Waals surface area contributed by atoms with Gasteiger partial charge in [0.1, 0.15) is 11.3 Å². The molecule has 4 rings (SSSR count). The van der Waals surface area contributed by atoms with Crippen molar-refractivity contribution in [3.63, 3.8) is 0 Å². The molecule has 0 aliphatic rings. The van der Waals surface area contributed by atoms with Crippen LogP contribution in [0, 0.1) is 0 Å². The zero-order chi connectivity index (χ0) is 24.4. The molecule has 174 valence electrons. The molecule has 3 aromatic carbocycles. The minimum atomic E-state index is -0.511. The first kappa shape index (κ1) is 24.1. The second-order valence-electron chi connectivity index (χ2n) is 7.14. The number of hydrogen-bond donors (Lipinski definition) is 1. The molecule has 1 heterocycles. The second-order valence-corrected chi connectivity index (χ2v) is 8.81. The Morgan fingerprint density at radius 2 is 1.74 bits per heavy atom. The van der Waals surface area contributed by atoms with Crippen LogP contribution in [-0.2, 0) is 0 Å². The largest absolute Gasteiger partial charge is 0.496 e. The van der Waals surface area contributed by atoms with E-state index in [0.29, 0.717) is 39.1 Å². The van der Waals surface area contributed by atoms with Crippen LogP contribution in [0.5, 0.6) is 11.5 Å². The van der Waals surface area contributed by atoms with E-state index in [-0.39, 0.29) is 27.1 Å². The fraction of sp³-hybridized carbons (Fsp3) is 0.120. The molecular weight excluding hydrogens is 545 g/mol. The van der Waals surface area contributed by atoms with Gasteiger partial charge in [0.05, 0.1) is 33.9 Å². The second kappa shape index (κ2) is 10.1. The quantitative estimate of drug-likeness (QED) is 0.237. The Kier molecular flexibility index (Phi) is 7.16. The third kappa shape index (κ3) is 4.64. The Balaban J connectivity index is 1.74. The monoisotopic (exact) mass is 561 g/mol. The number of nitrogens with one attached hydrogen (secondary N) is 1. The molecule has 0 saturated heterocycles. The Morgan fingerprint density at radius 1 is 1.03 bits per heavy atom. The van der Waals surface area contributed by atoms with Crippen molar-refractivity contribution in [2.75, 3.05) is 19.0 Å². The van der Waals surface area contributed by atoms with Gasteiger partial charge < -0.3 is 19.2 Å². The molecule has 0 saturated carbocycles. The third-order valence-corrected chi connectivity index (χ3v) is 6.18. The van der Waals surface area contributed by atoms with Gasteiger partial charge in [-0.2, -0.15) is 0 Å². The molecule has 0 aliphatic carbocycles. The summed E-state index contributed by atoms with van der Waals surface area (Å²) in [4.78, 5) is 26.5. The summed E-state index contributed by atoms with van der Waals surface area (Å²) in [6.45, 7) is 2.18. The minimum absolute atomic E-state index is 0.00486. The average molecular weight is 563 g/mol. The van der Waals surface area contributed by atoms with Crippen LogP contribution in [0.3, 0.4) is 0 Å². The molecule has 0 radical (unpaired) electrons. The number of amides is 1. The van der Waals surface area contributed by atoms with Gasteiger partial charge >= 0.3 is 0 Å². The topological polar surface area (TPSA) is 77.8 Å². The fourth-order valence-corrected chi connectivity index (χ4v) is 4.56. The molecule has 9 heteroatoms. The van der Waals surface area contributed by atoms with Crippen molar-refractivity contribution in [2.24, 2.45) is 0 Å². The molecule has 0 aliphatic heterocycles. The number of ether oxygens (including phenoxy) is 2. The normalized spacial score (nSPS) is 10.9. The van der Waals surface area contributed by atoms with Gasteiger partial charge in [0, 0.05) is 16.5 Å². The number of methoxy groups -OCH3 is 1. The lowest BCUT2D eigenvalue weighted by Gasteiger charge is -2.11. The van der Waals surface area contributed by atoms with E-state index in [1.165, 1.54) is 19.2 Å². The van der Waals surface area contributed by atoms with Crippen LogP contribution in [0.4, 0.5) is 5.69 Å². The van der Waals surface area contributed by atoms with Crippen LogP contribution < -0.4 is 14.8 Å². The SMILES string of the molecule is CCOc1c(Cl)cc(C(=O)Nc2c(C(=O)c3ccc(OC)c(Br)c3)oc3ccccc23)cc1Cl. The summed E-state index contributed by atoms with van der Waals surface area (Å²) in [6.07, 6.45) is 0. The maximum absolute atomic E-state index is 13.4. The van der Waals surface area contributed by atoms with Crippen molar-refractivity contribution in [2.45, 2.75) is 6.92 Å². The number of carbonyl (C=O) groups is 2. The molecule has 0 atom stereocenters. The van der Waals surface area contributed by atoms with Crippen LogP contribution in [0.25, 0.3) is 11.0 Å². The van der Waals surface area contributed by atoms with Crippen LogP contribution in [0.15, 0.2) is 63.5 Å². The van der Waals surface area contributed by atoms with Gasteiger partial charge in [-0.1, -0.05) is 35.3 Å². The van der Waals surface area contributed by atoms with Crippen LogP contribution in [0.2, 0.25) is 10.0 Å². The number of halogens is 3. The zero-order valence-corrected chi connectivity index (χ0v) is 21.2. The first-order valence-electron chi connectivity index (χ1n) is 10.2. The van der Waals surface area contributed by atoms with Crippen molar-refractivity contribution in [3.8, 4) is 11.5 Å². The van der Waals surface area contributed by atoms with Gasteiger partial charge in [-0.05, 0) is 65.3 Å². The molecule has 0 fully saturated rings. The van der Waals surface area contributed by atoms with Gasteiger partial charge in [-0.3, -0.25) is 9.59 Å². The third-order valence-electron chi connectivity index (χ3n) is 5.00. The summed E-state index contributed by atoms with van der Waals surface area (Å²) in [5, 5.41) is 3.78. The number of ketones is 1. The van der Waals surface area contributed by atoms with E-state index in [4.69, 9.17) is 37.1 Å². The standard InChI is InChI=1S/C25H18BrCl2NO5/c1-3-33-23-17(27)11-14(12-18(23)28)25(31)29-21-15-6-4-5-7-19(15)34-24(21)22(30)13-8-9-20(32-2)16(26)10-13/h4-12H,3H2,1-2H3,(H,29,31). The number of carbonyl (C=O) groups excluding carboxylic acids is 2. The van der Waals surface area contributed by atoms with E-state index in [1.54, 1.807) is 49.4 Å². The number of hydrogen-bond acceptors (Lipinski definition) is 5. The van der Waals surface area contributed by atoms with Crippen LogP contribution in [0.1, 0.15) is 33.4 Å². The van der Waals surface area contributed by atoms with E-state index < -0.39 is 11.7 Å². The molecule has 1 aromatic heterocycles. The van der Waals surface area contributed by atoms with Gasteiger partial charge in [0.2, 0.25) is 5.78 Å². The highest BCUT2D eigenvalue weighted by Gasteiger charge is 2.25. The lowest BCUT2D eigenvalue weighted by atomic mass is 10.1. The Labute approximate surface area is 213 Å². The number of fused-ring (bicyclic) bond motifs is 1. The van der Waals surface area contributed by atoms with E-state index in [1.807, 2.05) is 0 Å². The van der Waals surface area contributed by atoms with Crippen molar-refractivity contribution in [1.82, 2.24) is 0 Å². The van der Waals surface area contributed by atoms with Crippen LogP contribution in [-0.4, -0.2) is 25.4 Å². The Bertz CT molecular complexity index is 1390. The molecule has 4 aromatic rings. The number of benzene rings is 3. The average Bonchev–Trinajstić information content (AvgIpc) is 3.19. The van der Waals surface area contributed by atoms with E-state index in [9.17, 15) is 9.59 Å². The maximum Gasteiger partial charge on any atom is 0.255 e. The molecular formula is C25H18BrCl2NO5. The van der Waals surface area contributed by atoms with Gasteiger partial charge in [0.25, 0.3) is 5.91 Å². The van der Waals surface area contributed by atoms with E-state index in [2.05, 4.69) is 21.2 Å². The van der Waals surface area contributed by atoms with E-state index >= 15 is 0 Å². The molecule has 34 heavy (non-hydrogen) atoms. The highest BCUT2D eigenvalue weighted by atomic mass is 79.9. The van der Waals surface area contributed by atoms with Crippen molar-refractivity contribution >= 4 is 67.5 Å². The Morgan fingerprint density at radius 3 is 2.38 bits per heavy atom. The lowest BCUT2D eigenvalue weighted by Crippen LogP contribution is -2.14. The van der Waals surface area contributed by atoms with Crippen molar-refractivity contribution in [3.05, 3.63) is 86.0 Å². The molecule has 0 spiro atoms. The smallest absolute Gasteiger partial charge is 0.255 e. The number of rotatable bonds is 7. The highest BCUT2D eigenvalue weighted by molar-refractivity contribution is 9.10. The molecule has 0 unspecified atom stereocenters. The summed E-state index contributed by atoms with van der Waals surface area (Å²) in [5.74, 6) is -0.0354. The van der Waals surface area contributed by atoms with E-state index in [0.717, 1.165) is 0 Å². The fourth-order valence-electron chi connectivity index (χ4n) is 3.43. The zero-order valence-electron chi connectivity index (χ0n) is 18.1. The summed E-state index contributed by atoms with van der Waals surface area (Å²) in [7, 11) is 1.54. The minimum Gasteiger partial charge on any atom is -0.496 e. The summed E-state index contributed by atoms with van der Waals surface area (Å²) in [5.41, 5.74) is 1.26. The predicted octanol–water partition coefficient (Wildman–Crippen LogP) is 7.39. The maximum atomic E-state index is 13.4. The summed E-state index contributed by atoms with van der Waals surface area (Å²) in [6, 6.07) is 14.9. The van der Waals surface area contributed by atoms with Crippen molar-refractivity contribution in [1.29, 1.82) is 0 Å². The molecule has 6 nitrogen and oxygen atoms in total. The Hall–Kier alpha value is -3.00. The highest BCUT2D eigenvalue weighted by Crippen LogP contribution is 2.37. The number of furan rings is 1. The molecule has 1 N–H and O–H groups in total. The number of para-hydroxylation sites is 1. The van der Waals surface area contributed by atoms with Gasteiger partial charge in [-0.25, -0.2) is 0 Å². The van der Waals surface area contributed by atoms with Gasteiger partial charge in [-0.15, -0.1) is 0 Å². The molecule has 1 amide bonds. The van der Waals surface area contributed by atoms with Crippen LogP contribution >= 0.6 is 39.1 Å². The first-order chi connectivity index (χ1) is 16.3. The summed E-state index contributed by atoms with van der Waals surface area (Å²) >= 11 is 15.9. The van der Waals surface area contributed by atoms with Crippen molar-refractivity contribution < 1.29 is 23.5 Å². The molecule has 0 bridgehead atoms. The first-order valence-corrected chi connectivity index (χ1v) is 11.7. The number of anilines is 1. The lowest BCUT2D eigenvalue weighted by molar-refractivity contribution is 0.101. The van der Waals surface area contributed by atoms with Gasteiger partial charge in [0.15, 0.2) is 11.5 Å².